The molecule has 1 unspecified atom stereocenters. The number of nitrogens with zero attached hydrogens (tertiary/aromatic N) is 2. The summed E-state index contributed by atoms with van der Waals surface area (Å²) in [6, 6.07) is 4.60. The molecule has 1 atom stereocenters. The number of esters is 1. The summed E-state index contributed by atoms with van der Waals surface area (Å²) in [5, 5.41) is 20.8. The molecule has 3 rings (SSSR count). The molecule has 2 N–H and O–H groups in total. The van der Waals surface area contributed by atoms with E-state index in [1.54, 1.807) is 6.07 Å². The Kier molecular flexibility index (Phi) is 14.4. The van der Waals surface area contributed by atoms with E-state index in [1.807, 2.05) is 0 Å². The number of aromatic nitrogens is 1. The number of ether oxygens (including phenoxy) is 1. The molecule has 0 saturated carbocycles. The molecule has 9 nitrogen and oxygen atoms in total. The molecule has 1 aromatic carbocycles. The average molecular weight is 563 g/mol. The van der Waals surface area contributed by atoms with E-state index in [2.05, 4.69) is 30.8 Å². The average Bonchev–Trinajstić information content (AvgIpc) is 3.33. The van der Waals surface area contributed by atoms with Crippen LogP contribution in [0, 0.1) is 11.7 Å². The number of carboxylic acids is 2. The molecule has 0 bridgehead atoms. The van der Waals surface area contributed by atoms with Gasteiger partial charge >= 0.3 is 17.9 Å². The molecule has 1 aliphatic heterocycles. The van der Waals surface area contributed by atoms with Gasteiger partial charge in [0.2, 0.25) is 0 Å². The lowest BCUT2D eigenvalue weighted by Crippen LogP contribution is -2.46. The van der Waals surface area contributed by atoms with Crippen LogP contribution in [0.1, 0.15) is 96.6 Å². The Hall–Kier alpha value is -3.27. The summed E-state index contributed by atoms with van der Waals surface area (Å²) in [5.74, 6) is -2.40. The van der Waals surface area contributed by atoms with Crippen molar-refractivity contribution < 1.29 is 38.2 Å². The molecule has 2 heterocycles. The lowest BCUT2D eigenvalue weighted by Gasteiger charge is -2.38. The number of hydrogen-bond donors (Lipinski definition) is 2. The molecular formula is C30H43FN2O7. The number of hydrogen-bond acceptors (Lipinski definition) is 7. The Labute approximate surface area is 235 Å². The molecule has 1 saturated heterocycles. The van der Waals surface area contributed by atoms with Crippen molar-refractivity contribution in [2.24, 2.45) is 5.92 Å². The van der Waals surface area contributed by atoms with Gasteiger partial charge in [-0.3, -0.25) is 9.69 Å². The minimum Gasteiger partial charge on any atom is -0.478 e. The van der Waals surface area contributed by atoms with Gasteiger partial charge in [0.25, 0.3) is 0 Å². The van der Waals surface area contributed by atoms with Gasteiger partial charge in [-0.25, -0.2) is 14.0 Å². The highest BCUT2D eigenvalue weighted by molar-refractivity contribution is 5.89. The fraction of sp³-hybridized carbons (Fsp3) is 0.600. The van der Waals surface area contributed by atoms with Gasteiger partial charge in [0, 0.05) is 55.0 Å². The molecule has 222 valence electrons. The number of rotatable bonds is 14. The second-order valence-corrected chi connectivity index (χ2v) is 10.5. The first kappa shape index (κ1) is 32.9. The lowest BCUT2D eigenvalue weighted by atomic mass is 9.91. The first-order chi connectivity index (χ1) is 19.1. The summed E-state index contributed by atoms with van der Waals surface area (Å²) in [6.45, 7) is 8.12. The number of halogens is 1. The predicted octanol–water partition coefficient (Wildman–Crippen LogP) is 6.52. The fourth-order valence-electron chi connectivity index (χ4n) is 4.85. The molecule has 10 heteroatoms. The molecule has 0 aliphatic carbocycles. The zero-order valence-corrected chi connectivity index (χ0v) is 23.8. The fourth-order valence-corrected chi connectivity index (χ4v) is 4.85. The van der Waals surface area contributed by atoms with Crippen molar-refractivity contribution >= 4 is 28.9 Å². The summed E-state index contributed by atoms with van der Waals surface area (Å²) in [4.78, 5) is 33.8. The van der Waals surface area contributed by atoms with Crippen LogP contribution in [-0.2, 0) is 19.1 Å². The third-order valence-corrected chi connectivity index (χ3v) is 6.91. The van der Waals surface area contributed by atoms with E-state index in [0.717, 1.165) is 49.9 Å². The molecule has 2 aromatic rings. The number of carbonyl (C=O) groups is 3. The summed E-state index contributed by atoms with van der Waals surface area (Å²) in [5.41, 5.74) is 1.42. The van der Waals surface area contributed by atoms with E-state index < -0.39 is 11.9 Å². The summed E-state index contributed by atoms with van der Waals surface area (Å²) >= 11 is 0. The van der Waals surface area contributed by atoms with E-state index in [4.69, 9.17) is 19.5 Å². The van der Waals surface area contributed by atoms with Gasteiger partial charge < -0.3 is 19.5 Å². The van der Waals surface area contributed by atoms with Gasteiger partial charge in [-0.05, 0) is 31.4 Å². The van der Waals surface area contributed by atoms with Gasteiger partial charge in [0.1, 0.15) is 5.82 Å². The monoisotopic (exact) mass is 562 g/mol. The van der Waals surface area contributed by atoms with Crippen molar-refractivity contribution in [3.63, 3.8) is 0 Å². The Morgan fingerprint density at radius 2 is 1.65 bits per heavy atom. The number of carbonyl (C=O) groups excluding carboxylic acids is 1. The van der Waals surface area contributed by atoms with Crippen molar-refractivity contribution in [1.29, 1.82) is 0 Å². The third-order valence-electron chi connectivity index (χ3n) is 6.91. The first-order valence-electron chi connectivity index (χ1n) is 14.2. The SMILES string of the molecule is CCCCCCCCCC(=O)OC(C(C)C)N1CCC(c2noc3cc(F)ccc23)CC1.O=C(O)/C=C/C(=O)O. The number of aliphatic carboxylic acids is 2. The van der Waals surface area contributed by atoms with Gasteiger partial charge in [0.15, 0.2) is 11.8 Å². The minimum atomic E-state index is -1.26. The van der Waals surface area contributed by atoms with Crippen LogP contribution in [0.5, 0.6) is 0 Å². The van der Waals surface area contributed by atoms with Crippen molar-refractivity contribution in [3.8, 4) is 0 Å². The van der Waals surface area contributed by atoms with Gasteiger partial charge in [-0.1, -0.05) is 64.5 Å². The van der Waals surface area contributed by atoms with E-state index >= 15 is 0 Å². The van der Waals surface area contributed by atoms with Crippen LogP contribution < -0.4 is 0 Å². The van der Waals surface area contributed by atoms with Crippen LogP contribution in [0.15, 0.2) is 34.9 Å². The van der Waals surface area contributed by atoms with E-state index in [9.17, 15) is 18.8 Å². The van der Waals surface area contributed by atoms with Crippen LogP contribution in [-0.4, -0.2) is 57.5 Å². The Morgan fingerprint density at radius 1 is 1.05 bits per heavy atom. The summed E-state index contributed by atoms with van der Waals surface area (Å²) in [6.07, 6.45) is 11.6. The second-order valence-electron chi connectivity index (χ2n) is 10.5. The van der Waals surface area contributed by atoms with Crippen molar-refractivity contribution in [3.05, 3.63) is 41.9 Å². The normalized spacial score (nSPS) is 15.2. The second kappa shape index (κ2) is 17.4. The maximum absolute atomic E-state index is 13.4. The zero-order valence-electron chi connectivity index (χ0n) is 23.8. The highest BCUT2D eigenvalue weighted by Gasteiger charge is 2.31. The maximum atomic E-state index is 13.4. The molecule has 0 radical (unpaired) electrons. The van der Waals surface area contributed by atoms with Gasteiger partial charge in [-0.15, -0.1) is 0 Å². The Balaban J connectivity index is 0.000000611. The van der Waals surface area contributed by atoms with Crippen molar-refractivity contribution in [1.82, 2.24) is 10.1 Å². The van der Waals surface area contributed by atoms with Crippen LogP contribution in [0.3, 0.4) is 0 Å². The summed E-state index contributed by atoms with van der Waals surface area (Å²) < 4.78 is 24.7. The molecule has 1 aliphatic rings. The van der Waals surface area contributed by atoms with Crippen molar-refractivity contribution in [2.45, 2.75) is 97.1 Å². The highest BCUT2D eigenvalue weighted by Crippen LogP contribution is 2.34. The minimum absolute atomic E-state index is 0.0797. The number of benzene rings is 1. The molecule has 0 amide bonds. The molecule has 40 heavy (non-hydrogen) atoms. The Bertz CT molecular complexity index is 1090. The quantitative estimate of drug-likeness (QED) is 0.150. The highest BCUT2D eigenvalue weighted by atomic mass is 19.1. The topological polar surface area (TPSA) is 130 Å². The predicted molar refractivity (Wildman–Crippen MR) is 149 cm³/mol. The number of carboxylic acid groups (broad SMARTS) is 2. The van der Waals surface area contributed by atoms with Crippen LogP contribution in [0.25, 0.3) is 11.0 Å². The number of unbranched alkanes of at least 4 members (excludes halogenated alkanes) is 6. The molecule has 0 spiro atoms. The maximum Gasteiger partial charge on any atom is 0.328 e. The lowest BCUT2D eigenvalue weighted by molar-refractivity contribution is -0.165. The zero-order chi connectivity index (χ0) is 29.5. The van der Waals surface area contributed by atoms with Gasteiger partial charge in [0.05, 0.1) is 5.69 Å². The van der Waals surface area contributed by atoms with E-state index in [-0.39, 0.29) is 29.9 Å². The van der Waals surface area contributed by atoms with E-state index in [0.29, 0.717) is 24.2 Å². The first-order valence-corrected chi connectivity index (χ1v) is 14.2. The largest absolute Gasteiger partial charge is 0.478 e. The standard InChI is InChI=1S/C26H39FN2O3.C4H4O4/c1-4-5-6-7-8-9-10-11-24(30)31-26(19(2)3)29-16-14-20(15-17-29)25-22-13-12-21(27)18-23(22)32-28-25;5-3(6)1-2-4(7)8/h12-13,18-20,26H,4-11,14-17H2,1-3H3;1-2H,(H,5,6)(H,7,8)/b;2-1+. The number of piperidine rings is 1. The van der Waals surface area contributed by atoms with Gasteiger partial charge in [-0.2, -0.15) is 0 Å². The van der Waals surface area contributed by atoms with Crippen molar-refractivity contribution in [2.75, 3.05) is 13.1 Å². The number of fused-ring (bicyclic) bond motifs is 1. The molecule has 1 fully saturated rings. The van der Waals surface area contributed by atoms with E-state index in [1.165, 1.54) is 44.2 Å². The van der Waals surface area contributed by atoms with Crippen LogP contribution >= 0.6 is 0 Å². The third kappa shape index (κ3) is 11.5. The van der Waals surface area contributed by atoms with Crippen LogP contribution in [0.2, 0.25) is 0 Å². The molecule has 1 aromatic heterocycles. The summed E-state index contributed by atoms with van der Waals surface area (Å²) in [7, 11) is 0. The van der Waals surface area contributed by atoms with Crippen LogP contribution in [0.4, 0.5) is 4.39 Å². The smallest absolute Gasteiger partial charge is 0.328 e. The Morgan fingerprint density at radius 3 is 2.23 bits per heavy atom. The number of likely N-dealkylation sites (tertiary alicyclic amines) is 1. The molecular weight excluding hydrogens is 519 g/mol.